The largest absolute Gasteiger partial charge is 0.311 e. The van der Waals surface area contributed by atoms with Gasteiger partial charge in [0.25, 0.3) is 6.71 Å². The van der Waals surface area contributed by atoms with Gasteiger partial charge < -0.3 is 9.80 Å². The van der Waals surface area contributed by atoms with Crippen LogP contribution in [0.4, 0.5) is 34.1 Å². The maximum Gasteiger partial charge on any atom is 0.252 e. The van der Waals surface area contributed by atoms with Crippen LogP contribution in [0.2, 0.25) is 0 Å². The maximum absolute atomic E-state index is 2.53. The number of fused-ring (bicyclic) bond motifs is 9. The van der Waals surface area contributed by atoms with Crippen molar-refractivity contribution < 1.29 is 0 Å². The lowest BCUT2D eigenvalue weighted by molar-refractivity contribution is 0.660. The summed E-state index contributed by atoms with van der Waals surface area (Å²) in [6.07, 6.45) is 0. The van der Waals surface area contributed by atoms with Gasteiger partial charge in [0.1, 0.15) is 0 Å². The molecule has 0 amide bonds. The zero-order valence-electron chi connectivity index (χ0n) is 31.4. The first-order chi connectivity index (χ1) is 27.5. The summed E-state index contributed by atoms with van der Waals surface area (Å²) < 4.78 is 0. The topological polar surface area (TPSA) is 6.48 Å². The van der Waals surface area contributed by atoms with Crippen LogP contribution in [0.1, 0.15) is 25.0 Å². The van der Waals surface area contributed by atoms with Crippen molar-refractivity contribution in [3.8, 4) is 22.3 Å². The molecule has 0 bridgehead atoms. The number of benzene rings is 9. The number of hydrogen-bond donors (Lipinski definition) is 0. The molecular weight excluding hydrogens is 675 g/mol. The van der Waals surface area contributed by atoms with E-state index in [2.05, 4.69) is 212 Å². The van der Waals surface area contributed by atoms with Crippen molar-refractivity contribution in [3.05, 3.63) is 199 Å². The molecule has 12 rings (SSSR count). The Labute approximate surface area is 328 Å². The number of anilines is 6. The minimum absolute atomic E-state index is 0.0286. The van der Waals surface area contributed by atoms with Crippen LogP contribution in [0.5, 0.6) is 0 Å². The van der Waals surface area contributed by atoms with Crippen molar-refractivity contribution in [2.75, 3.05) is 9.80 Å². The summed E-state index contributed by atoms with van der Waals surface area (Å²) in [5.74, 6) is 0. The van der Waals surface area contributed by atoms with Gasteiger partial charge in [0.15, 0.2) is 0 Å². The molecule has 2 nitrogen and oxygen atoms in total. The zero-order valence-corrected chi connectivity index (χ0v) is 31.4. The second-order valence-corrected chi connectivity index (χ2v) is 16.2. The first kappa shape index (κ1) is 31.5. The van der Waals surface area contributed by atoms with Gasteiger partial charge >= 0.3 is 0 Å². The average Bonchev–Trinajstić information content (AvgIpc) is 3.48. The molecule has 3 heteroatoms. The molecule has 0 N–H and O–H groups in total. The van der Waals surface area contributed by atoms with E-state index in [-0.39, 0.29) is 12.1 Å². The van der Waals surface area contributed by atoms with Gasteiger partial charge in [-0.05, 0) is 126 Å². The molecule has 1 aliphatic carbocycles. The van der Waals surface area contributed by atoms with Crippen LogP contribution in [-0.4, -0.2) is 6.71 Å². The van der Waals surface area contributed by atoms with Crippen LogP contribution in [0.15, 0.2) is 188 Å². The summed E-state index contributed by atoms with van der Waals surface area (Å²) in [7, 11) is 0. The molecule has 0 spiro atoms. The molecule has 2 aliphatic heterocycles. The quantitative estimate of drug-likeness (QED) is 0.168. The Hall–Kier alpha value is -6.84. The molecule has 0 aromatic heterocycles. The van der Waals surface area contributed by atoms with E-state index >= 15 is 0 Å². The predicted molar refractivity (Wildman–Crippen MR) is 238 cm³/mol. The van der Waals surface area contributed by atoms with Crippen molar-refractivity contribution in [3.63, 3.8) is 0 Å². The molecule has 0 unspecified atom stereocenters. The fraction of sp³-hybridized carbons (Fsp3) is 0.0566. The van der Waals surface area contributed by atoms with Crippen LogP contribution < -0.4 is 26.2 Å². The molecule has 3 aliphatic rings. The zero-order chi connectivity index (χ0) is 37.1. The van der Waals surface area contributed by atoms with E-state index in [1.807, 2.05) is 0 Å². The molecule has 2 heterocycles. The van der Waals surface area contributed by atoms with Gasteiger partial charge in [0, 0.05) is 39.5 Å². The SMILES string of the molecule is CC1(C)c2ccccc2-c2cc(-c3cc4c5c(c3)N(c3ccccc3)c3cc6ccccc6cc3B5c3cc5ccccc5cc3N4c3ccccc3)ccc21. The standard InChI is InChI=1S/C53H37BN2/c1-53(2)44-24-14-13-23-42(44)43-27-38(25-26-45(43)53)39-32-50-52-51(33-39)56(41-21-7-4-8-22-41)49-31-37-18-12-10-16-35(37)29-47(49)54(52)46-28-34-15-9-11-17-36(34)30-48(46)55(50)40-19-5-3-6-20-40/h3-33H,1-2H3. The molecule has 0 fully saturated rings. The van der Waals surface area contributed by atoms with Gasteiger partial charge in [-0.15, -0.1) is 0 Å². The van der Waals surface area contributed by atoms with Crippen LogP contribution in [0, 0.1) is 0 Å². The predicted octanol–water partition coefficient (Wildman–Crippen LogP) is 12.0. The van der Waals surface area contributed by atoms with E-state index in [0.29, 0.717) is 0 Å². The highest BCUT2D eigenvalue weighted by molar-refractivity contribution is 7.00. The molecular formula is C53H37BN2. The summed E-state index contributed by atoms with van der Waals surface area (Å²) in [5, 5.41) is 5.00. The Morgan fingerprint density at radius 3 is 1.39 bits per heavy atom. The van der Waals surface area contributed by atoms with E-state index in [9.17, 15) is 0 Å². The third kappa shape index (κ3) is 4.40. The number of hydrogen-bond acceptors (Lipinski definition) is 2. The smallest absolute Gasteiger partial charge is 0.252 e. The Bertz CT molecular complexity index is 2920. The number of rotatable bonds is 3. The molecule has 0 saturated heterocycles. The van der Waals surface area contributed by atoms with E-state index in [1.54, 1.807) is 0 Å². The Balaban J connectivity index is 1.21. The molecule has 9 aromatic rings. The highest BCUT2D eigenvalue weighted by Crippen LogP contribution is 2.51. The minimum Gasteiger partial charge on any atom is -0.311 e. The van der Waals surface area contributed by atoms with E-state index in [1.165, 1.54) is 94.1 Å². The first-order valence-electron chi connectivity index (χ1n) is 19.7. The fourth-order valence-corrected chi connectivity index (χ4v) is 10.1. The first-order valence-corrected chi connectivity index (χ1v) is 19.7. The molecule has 56 heavy (non-hydrogen) atoms. The molecule has 0 atom stereocenters. The lowest BCUT2D eigenvalue weighted by Crippen LogP contribution is -2.61. The Kier molecular flexibility index (Phi) is 6.52. The lowest BCUT2D eigenvalue weighted by Gasteiger charge is -2.44. The third-order valence-corrected chi connectivity index (χ3v) is 12.7. The van der Waals surface area contributed by atoms with Crippen LogP contribution in [-0.2, 0) is 5.41 Å². The highest BCUT2D eigenvalue weighted by Gasteiger charge is 2.44. The monoisotopic (exact) mass is 712 g/mol. The van der Waals surface area contributed by atoms with Crippen molar-refractivity contribution >= 4 is 78.8 Å². The van der Waals surface area contributed by atoms with Crippen molar-refractivity contribution in [1.82, 2.24) is 0 Å². The highest BCUT2D eigenvalue weighted by atomic mass is 15.2. The Morgan fingerprint density at radius 2 is 0.839 bits per heavy atom. The van der Waals surface area contributed by atoms with Gasteiger partial charge in [-0.3, -0.25) is 0 Å². The maximum atomic E-state index is 2.53. The van der Waals surface area contributed by atoms with Gasteiger partial charge in [-0.1, -0.05) is 147 Å². The van der Waals surface area contributed by atoms with Crippen molar-refractivity contribution in [2.45, 2.75) is 19.3 Å². The molecule has 262 valence electrons. The van der Waals surface area contributed by atoms with Crippen LogP contribution in [0.3, 0.4) is 0 Å². The fourth-order valence-electron chi connectivity index (χ4n) is 10.1. The molecule has 0 saturated carbocycles. The van der Waals surface area contributed by atoms with Gasteiger partial charge in [0.2, 0.25) is 0 Å². The summed E-state index contributed by atoms with van der Waals surface area (Å²) in [6.45, 7) is 4.75. The third-order valence-electron chi connectivity index (χ3n) is 12.7. The summed E-state index contributed by atoms with van der Waals surface area (Å²) in [6, 6.07) is 70.4. The van der Waals surface area contributed by atoms with Gasteiger partial charge in [-0.2, -0.15) is 0 Å². The lowest BCUT2D eigenvalue weighted by atomic mass is 9.33. The minimum atomic E-state index is -0.0489. The normalized spacial score (nSPS) is 14.3. The summed E-state index contributed by atoms with van der Waals surface area (Å²) in [5.41, 5.74) is 19.0. The van der Waals surface area contributed by atoms with Gasteiger partial charge in [0.05, 0.1) is 0 Å². The number of nitrogens with zero attached hydrogens (tertiary/aromatic N) is 2. The molecule has 9 aromatic carbocycles. The summed E-state index contributed by atoms with van der Waals surface area (Å²) in [4.78, 5) is 5.06. The van der Waals surface area contributed by atoms with E-state index < -0.39 is 0 Å². The molecule has 0 radical (unpaired) electrons. The van der Waals surface area contributed by atoms with Crippen LogP contribution in [0.25, 0.3) is 43.8 Å². The summed E-state index contributed by atoms with van der Waals surface area (Å²) >= 11 is 0. The second kappa shape index (κ2) is 11.6. The second-order valence-electron chi connectivity index (χ2n) is 16.2. The van der Waals surface area contributed by atoms with Crippen molar-refractivity contribution in [1.29, 1.82) is 0 Å². The van der Waals surface area contributed by atoms with E-state index in [4.69, 9.17) is 0 Å². The number of para-hydroxylation sites is 2. The van der Waals surface area contributed by atoms with E-state index in [0.717, 1.165) is 11.4 Å². The van der Waals surface area contributed by atoms with Gasteiger partial charge in [-0.25, -0.2) is 0 Å². The average molecular weight is 713 g/mol. The van der Waals surface area contributed by atoms with Crippen LogP contribution >= 0.6 is 0 Å². The Morgan fingerprint density at radius 1 is 0.375 bits per heavy atom. The van der Waals surface area contributed by atoms with Crippen molar-refractivity contribution in [2.24, 2.45) is 0 Å².